The number of hydrogen-bond donors (Lipinski definition) is 3. The van der Waals surface area contributed by atoms with Crippen LogP contribution in [0.1, 0.15) is 31.2 Å². The maximum absolute atomic E-state index is 16.3. The maximum atomic E-state index is 16.3. The zero-order valence-corrected chi connectivity index (χ0v) is 29.1. The average Bonchev–Trinajstić information content (AvgIpc) is 3.64. The topological polar surface area (TPSA) is 125 Å². The van der Waals surface area contributed by atoms with Crippen molar-refractivity contribution < 1.29 is 49.8 Å². The Morgan fingerprint density at radius 3 is 1.96 bits per heavy atom. The number of ether oxygens (including phenoxy) is 1. The van der Waals surface area contributed by atoms with Crippen LogP contribution in [0, 0.1) is 0 Å². The van der Waals surface area contributed by atoms with Gasteiger partial charge in [-0.3, -0.25) is 4.79 Å². The van der Waals surface area contributed by atoms with Crippen LogP contribution in [0.25, 0.3) is 21.9 Å². The van der Waals surface area contributed by atoms with Crippen molar-refractivity contribution in [2.45, 2.75) is 54.8 Å². The lowest BCUT2D eigenvalue weighted by Crippen LogP contribution is -2.59. The van der Waals surface area contributed by atoms with Crippen molar-refractivity contribution in [2.75, 3.05) is 26.2 Å². The first kappa shape index (κ1) is 38.9. The minimum Gasteiger partial charge on any atom is -0.490 e. The fourth-order valence-electron chi connectivity index (χ4n) is 5.91. The number of carboxylic acids is 1. The van der Waals surface area contributed by atoms with Crippen molar-refractivity contribution in [3.8, 4) is 16.9 Å². The molecule has 9 nitrogen and oxygen atoms in total. The molecule has 2 fully saturated rings. The van der Waals surface area contributed by atoms with E-state index in [1.807, 2.05) is 6.07 Å². The van der Waals surface area contributed by atoms with Crippen LogP contribution in [0.15, 0.2) is 89.8 Å². The van der Waals surface area contributed by atoms with Gasteiger partial charge in [0.15, 0.2) is 6.04 Å². The first-order valence-corrected chi connectivity index (χ1v) is 18.2. The van der Waals surface area contributed by atoms with Gasteiger partial charge in [-0.2, -0.15) is 26.7 Å². The van der Waals surface area contributed by atoms with E-state index in [-0.39, 0.29) is 24.1 Å². The molecule has 0 aromatic heterocycles. The Morgan fingerprint density at radius 1 is 0.846 bits per heavy atom. The average molecular weight is 768 g/mol. The number of hydrogen-bond acceptors (Lipinski definition) is 6. The van der Waals surface area contributed by atoms with Crippen molar-refractivity contribution in [1.29, 1.82) is 0 Å². The highest BCUT2D eigenvalue weighted by atomic mass is 35.5. The summed E-state index contributed by atoms with van der Waals surface area (Å²) in [5, 5.41) is 12.1. The molecule has 0 unspecified atom stereocenters. The molecule has 52 heavy (non-hydrogen) atoms. The minimum atomic E-state index is -5.08. The summed E-state index contributed by atoms with van der Waals surface area (Å²) in [6, 6.07) is 19.8. The van der Waals surface area contributed by atoms with Crippen LogP contribution in [-0.4, -0.2) is 74.8 Å². The molecule has 0 spiro atoms. The molecule has 16 heteroatoms. The van der Waals surface area contributed by atoms with E-state index in [4.69, 9.17) is 26.2 Å². The van der Waals surface area contributed by atoms with Gasteiger partial charge >= 0.3 is 12.1 Å². The zero-order chi connectivity index (χ0) is 37.7. The van der Waals surface area contributed by atoms with Gasteiger partial charge in [-0.1, -0.05) is 60.1 Å². The van der Waals surface area contributed by atoms with Gasteiger partial charge in [-0.25, -0.2) is 13.2 Å². The molecule has 2 aliphatic rings. The lowest BCUT2D eigenvalue weighted by Gasteiger charge is -2.34. The van der Waals surface area contributed by atoms with Crippen molar-refractivity contribution in [3.05, 3.63) is 95.5 Å². The number of carbonyl (C=O) groups is 2. The number of piperazine rings is 1. The van der Waals surface area contributed by atoms with Crippen LogP contribution in [0.3, 0.4) is 0 Å². The van der Waals surface area contributed by atoms with Gasteiger partial charge in [0.25, 0.3) is 5.92 Å². The summed E-state index contributed by atoms with van der Waals surface area (Å²) < 4.78 is 99.8. The number of halogens is 6. The van der Waals surface area contributed by atoms with E-state index >= 15 is 8.78 Å². The SMILES string of the molecule is O=C(O)C(F)(F)F.O=C([C@@H](NS(=O)(=O)c1ccc2cc(OC3CCCC3)ccc2c1)C(F)(F)c1ccc(-c2ccc(Cl)cc2)cc1)N1CCNCC1. The summed E-state index contributed by atoms with van der Waals surface area (Å²) in [5.41, 5.74) is 0.964. The van der Waals surface area contributed by atoms with E-state index < -0.39 is 45.6 Å². The van der Waals surface area contributed by atoms with Crippen LogP contribution >= 0.6 is 11.6 Å². The molecular formula is C36H35ClF5N3O6S. The van der Waals surface area contributed by atoms with E-state index in [1.165, 1.54) is 41.3 Å². The quantitative estimate of drug-likeness (QED) is 0.157. The molecule has 6 rings (SSSR count). The fourth-order valence-corrected chi connectivity index (χ4v) is 7.26. The largest absolute Gasteiger partial charge is 0.490 e. The molecule has 1 saturated heterocycles. The van der Waals surface area contributed by atoms with Crippen molar-refractivity contribution >= 4 is 44.3 Å². The third-order valence-corrected chi connectivity index (χ3v) is 10.4. The van der Waals surface area contributed by atoms with E-state index in [9.17, 15) is 26.4 Å². The predicted molar refractivity (Wildman–Crippen MR) is 185 cm³/mol. The molecule has 4 aromatic carbocycles. The lowest BCUT2D eigenvalue weighted by molar-refractivity contribution is -0.192. The Bertz CT molecular complexity index is 1980. The number of fused-ring (bicyclic) bond motifs is 1. The third-order valence-electron chi connectivity index (χ3n) is 8.70. The smallest absolute Gasteiger partial charge is 0.490 e. The summed E-state index contributed by atoms with van der Waals surface area (Å²) in [4.78, 5) is 23.6. The number of alkyl halides is 5. The van der Waals surface area contributed by atoms with Gasteiger partial charge in [0.05, 0.1) is 11.0 Å². The Balaban J connectivity index is 0.000000679. The van der Waals surface area contributed by atoms with Gasteiger partial charge in [0.1, 0.15) is 5.75 Å². The van der Waals surface area contributed by atoms with Crippen molar-refractivity contribution in [2.24, 2.45) is 0 Å². The number of carbonyl (C=O) groups excluding carboxylic acids is 1. The van der Waals surface area contributed by atoms with E-state index in [0.29, 0.717) is 34.8 Å². The number of carboxylic acid groups (broad SMARTS) is 1. The molecule has 278 valence electrons. The number of aliphatic carboxylic acids is 1. The van der Waals surface area contributed by atoms with Crippen LogP contribution < -0.4 is 14.8 Å². The second-order valence-corrected chi connectivity index (χ2v) is 14.5. The standard InChI is InChI=1S/C34H34ClF2N3O4S.C2HF3O2/c35-28-13-7-24(8-14-28)23-5-11-27(12-6-23)34(36,37)32(33(41)40-19-17-38-18-20-40)39-45(42,43)31-16-10-25-21-30(15-9-26(25)22-31)44-29-3-1-2-4-29;3-2(4,5)1(6)7/h5-16,21-22,29,32,38-39H,1-4,17-20H2;(H,6,7)/t32-;/m1./s1. The van der Waals surface area contributed by atoms with Crippen LogP contribution in [0.5, 0.6) is 5.75 Å². The summed E-state index contributed by atoms with van der Waals surface area (Å²) in [6.45, 7) is 1.21. The first-order valence-electron chi connectivity index (χ1n) is 16.3. The Labute approximate surface area is 301 Å². The monoisotopic (exact) mass is 767 g/mol. The minimum absolute atomic E-state index is 0.173. The van der Waals surface area contributed by atoms with Gasteiger partial charge in [0.2, 0.25) is 15.9 Å². The zero-order valence-electron chi connectivity index (χ0n) is 27.5. The van der Waals surface area contributed by atoms with Gasteiger partial charge in [0, 0.05) is 36.8 Å². The molecule has 1 aliphatic heterocycles. The van der Waals surface area contributed by atoms with Crippen LogP contribution in [0.4, 0.5) is 22.0 Å². The Hall–Kier alpha value is -4.31. The summed E-state index contributed by atoms with van der Waals surface area (Å²) in [7, 11) is -4.55. The molecule has 1 amide bonds. The highest BCUT2D eigenvalue weighted by Crippen LogP contribution is 2.36. The number of amides is 1. The number of benzene rings is 4. The number of rotatable bonds is 9. The lowest BCUT2D eigenvalue weighted by atomic mass is 9.97. The second kappa shape index (κ2) is 16.1. The van der Waals surface area contributed by atoms with Gasteiger partial charge in [-0.05, 0) is 84.0 Å². The molecule has 4 aromatic rings. The highest BCUT2D eigenvalue weighted by molar-refractivity contribution is 7.89. The molecular weight excluding hydrogens is 733 g/mol. The fraction of sp³-hybridized carbons (Fsp3) is 0.333. The third kappa shape index (κ3) is 9.56. The molecule has 3 N–H and O–H groups in total. The maximum Gasteiger partial charge on any atom is 0.490 e. The van der Waals surface area contributed by atoms with E-state index in [0.717, 1.165) is 36.6 Å². The van der Waals surface area contributed by atoms with Crippen molar-refractivity contribution in [1.82, 2.24) is 14.9 Å². The highest BCUT2D eigenvalue weighted by Gasteiger charge is 2.50. The summed E-state index contributed by atoms with van der Waals surface area (Å²) in [5.74, 6) is -6.91. The normalized spacial score (nSPS) is 16.2. The first-order chi connectivity index (χ1) is 24.5. The molecule has 1 atom stereocenters. The molecule has 1 heterocycles. The number of sulfonamides is 1. The van der Waals surface area contributed by atoms with Gasteiger partial charge < -0.3 is 20.1 Å². The predicted octanol–water partition coefficient (Wildman–Crippen LogP) is 6.99. The van der Waals surface area contributed by atoms with E-state index in [1.54, 1.807) is 42.5 Å². The van der Waals surface area contributed by atoms with Gasteiger partial charge in [-0.15, -0.1) is 0 Å². The van der Waals surface area contributed by atoms with Crippen LogP contribution in [0.2, 0.25) is 5.02 Å². The summed E-state index contributed by atoms with van der Waals surface area (Å²) in [6.07, 6.45) is -0.624. The number of nitrogens with zero attached hydrogens (tertiary/aromatic N) is 1. The summed E-state index contributed by atoms with van der Waals surface area (Å²) >= 11 is 5.97. The van der Waals surface area contributed by atoms with E-state index in [2.05, 4.69) is 10.0 Å². The Morgan fingerprint density at radius 2 is 1.38 bits per heavy atom. The van der Waals surface area contributed by atoms with Crippen molar-refractivity contribution in [3.63, 3.8) is 0 Å². The number of nitrogens with one attached hydrogen (secondary N) is 2. The molecule has 0 radical (unpaired) electrons. The molecule has 1 saturated carbocycles. The molecule has 0 bridgehead atoms. The second-order valence-electron chi connectivity index (χ2n) is 12.3. The van der Waals surface area contributed by atoms with Crippen LogP contribution in [-0.2, 0) is 25.5 Å². The Kier molecular flexibility index (Phi) is 12.1. The molecule has 1 aliphatic carbocycles.